The summed E-state index contributed by atoms with van der Waals surface area (Å²) in [6.45, 7) is 2.58. The number of ether oxygens (including phenoxy) is 2. The standard InChI is InChI=1S/C19H22N6O5/c1-12-14(11-20)19(26)24(2)18(21-8-5-9-29-3)17(12)23-22-15-7-6-13(30-4)10-16(15)25(27)28/h6-7,10,21H,5,8-9H2,1-4H3. The van der Waals surface area contributed by atoms with Gasteiger partial charge in [-0.2, -0.15) is 5.26 Å². The first-order chi connectivity index (χ1) is 14.3. The number of nitriles is 1. The van der Waals surface area contributed by atoms with Gasteiger partial charge in [-0.25, -0.2) is 0 Å². The second-order valence-electron chi connectivity index (χ2n) is 6.26. The van der Waals surface area contributed by atoms with Crippen LogP contribution >= 0.6 is 0 Å². The maximum Gasteiger partial charge on any atom is 0.300 e. The number of nitro groups is 1. The number of pyridine rings is 1. The summed E-state index contributed by atoms with van der Waals surface area (Å²) in [5.41, 5.74) is -0.240. The third-order valence-electron chi connectivity index (χ3n) is 4.37. The van der Waals surface area contributed by atoms with Gasteiger partial charge >= 0.3 is 0 Å². The van der Waals surface area contributed by atoms with E-state index in [2.05, 4.69) is 15.5 Å². The van der Waals surface area contributed by atoms with Gasteiger partial charge in [0.1, 0.15) is 28.9 Å². The minimum absolute atomic E-state index is 0.0119. The molecule has 0 bridgehead atoms. The summed E-state index contributed by atoms with van der Waals surface area (Å²) >= 11 is 0. The number of aromatic nitrogens is 1. The average molecular weight is 414 g/mol. The van der Waals surface area contributed by atoms with E-state index < -0.39 is 10.5 Å². The molecule has 1 N–H and O–H groups in total. The smallest absolute Gasteiger partial charge is 0.300 e. The van der Waals surface area contributed by atoms with E-state index in [1.807, 2.05) is 6.07 Å². The molecule has 0 aliphatic heterocycles. The van der Waals surface area contributed by atoms with Gasteiger partial charge in [0.2, 0.25) is 0 Å². The minimum Gasteiger partial charge on any atom is -0.496 e. The van der Waals surface area contributed by atoms with Gasteiger partial charge in [0.05, 0.1) is 18.1 Å². The van der Waals surface area contributed by atoms with Gasteiger partial charge in [0.15, 0.2) is 5.69 Å². The number of azo groups is 1. The second kappa shape index (κ2) is 10.1. The minimum atomic E-state index is -0.588. The molecule has 11 heteroatoms. The van der Waals surface area contributed by atoms with Crippen molar-refractivity contribution < 1.29 is 14.4 Å². The first-order valence-corrected chi connectivity index (χ1v) is 8.96. The van der Waals surface area contributed by atoms with E-state index >= 15 is 0 Å². The lowest BCUT2D eigenvalue weighted by molar-refractivity contribution is -0.384. The predicted octanol–water partition coefficient (Wildman–Crippen LogP) is 3.35. The third kappa shape index (κ3) is 4.79. The van der Waals surface area contributed by atoms with Gasteiger partial charge in [-0.15, -0.1) is 10.2 Å². The molecule has 0 radical (unpaired) electrons. The molecule has 0 saturated heterocycles. The molecule has 0 fully saturated rings. The zero-order valence-electron chi connectivity index (χ0n) is 17.1. The number of methoxy groups -OCH3 is 2. The highest BCUT2D eigenvalue weighted by atomic mass is 16.6. The summed E-state index contributed by atoms with van der Waals surface area (Å²) in [7, 11) is 4.50. The van der Waals surface area contributed by atoms with E-state index in [0.29, 0.717) is 36.7 Å². The van der Waals surface area contributed by atoms with E-state index in [4.69, 9.17) is 9.47 Å². The number of hydrogen-bond acceptors (Lipinski definition) is 9. The Bertz CT molecular complexity index is 1070. The van der Waals surface area contributed by atoms with Crippen molar-refractivity contribution in [3.63, 3.8) is 0 Å². The van der Waals surface area contributed by atoms with Crippen molar-refractivity contribution in [2.24, 2.45) is 17.3 Å². The fourth-order valence-corrected chi connectivity index (χ4v) is 2.73. The molecule has 0 amide bonds. The highest BCUT2D eigenvalue weighted by Gasteiger charge is 2.19. The summed E-state index contributed by atoms with van der Waals surface area (Å²) in [4.78, 5) is 23.3. The van der Waals surface area contributed by atoms with Crippen LogP contribution in [0.15, 0.2) is 33.2 Å². The van der Waals surface area contributed by atoms with Crippen LogP contribution in [0, 0.1) is 28.4 Å². The van der Waals surface area contributed by atoms with Crippen LogP contribution in [0.25, 0.3) is 0 Å². The van der Waals surface area contributed by atoms with Crippen LogP contribution < -0.4 is 15.6 Å². The Hall–Kier alpha value is -3.78. The SMILES string of the molecule is COCCCNc1c(N=Nc2ccc(OC)cc2[N+](=O)[O-])c(C)c(C#N)c(=O)n1C. The molecule has 0 atom stereocenters. The quantitative estimate of drug-likeness (QED) is 0.287. The van der Waals surface area contributed by atoms with Crippen molar-refractivity contribution in [2.45, 2.75) is 13.3 Å². The summed E-state index contributed by atoms with van der Waals surface area (Å²) in [5, 5.41) is 32.0. The molecule has 0 aliphatic carbocycles. The molecular formula is C19H22N6O5. The molecule has 0 saturated carbocycles. The van der Waals surface area contributed by atoms with E-state index in [0.717, 1.165) is 0 Å². The van der Waals surface area contributed by atoms with Gasteiger partial charge in [0, 0.05) is 32.9 Å². The molecule has 2 aromatic rings. The zero-order chi connectivity index (χ0) is 22.3. The van der Waals surface area contributed by atoms with Crippen molar-refractivity contribution in [1.82, 2.24) is 4.57 Å². The van der Waals surface area contributed by atoms with E-state index in [1.54, 1.807) is 14.0 Å². The van der Waals surface area contributed by atoms with Crippen LogP contribution in [0.5, 0.6) is 5.75 Å². The molecular weight excluding hydrogens is 392 g/mol. The van der Waals surface area contributed by atoms with Gasteiger partial charge in [-0.05, 0) is 25.5 Å². The van der Waals surface area contributed by atoms with Crippen LogP contribution in [-0.4, -0.2) is 36.9 Å². The summed E-state index contributed by atoms with van der Waals surface area (Å²) in [6.07, 6.45) is 0.671. The van der Waals surface area contributed by atoms with Crippen LogP contribution in [0.3, 0.4) is 0 Å². The first kappa shape index (κ1) is 22.5. The summed E-state index contributed by atoms with van der Waals surface area (Å²) in [6, 6.07) is 6.07. The van der Waals surface area contributed by atoms with Gasteiger partial charge in [-0.1, -0.05) is 0 Å². The van der Waals surface area contributed by atoms with Gasteiger partial charge in [0.25, 0.3) is 11.2 Å². The molecule has 1 heterocycles. The number of nitro benzene ring substituents is 1. The highest BCUT2D eigenvalue weighted by Crippen LogP contribution is 2.35. The van der Waals surface area contributed by atoms with Crippen molar-refractivity contribution in [3.05, 3.63) is 49.8 Å². The van der Waals surface area contributed by atoms with E-state index in [-0.39, 0.29) is 22.6 Å². The number of hydrogen-bond donors (Lipinski definition) is 1. The van der Waals surface area contributed by atoms with Crippen LogP contribution in [0.4, 0.5) is 22.9 Å². The first-order valence-electron chi connectivity index (χ1n) is 8.96. The largest absolute Gasteiger partial charge is 0.496 e. The van der Waals surface area contributed by atoms with Gasteiger partial charge in [-0.3, -0.25) is 19.5 Å². The van der Waals surface area contributed by atoms with Crippen LogP contribution in [0.1, 0.15) is 17.5 Å². The van der Waals surface area contributed by atoms with E-state index in [1.165, 1.54) is 36.9 Å². The second-order valence-corrected chi connectivity index (χ2v) is 6.26. The Morgan fingerprint density at radius 3 is 2.67 bits per heavy atom. The van der Waals surface area contributed by atoms with Crippen LogP contribution in [-0.2, 0) is 11.8 Å². The zero-order valence-corrected chi connectivity index (χ0v) is 17.1. The monoisotopic (exact) mass is 414 g/mol. The average Bonchev–Trinajstić information content (AvgIpc) is 2.74. The van der Waals surface area contributed by atoms with Crippen LogP contribution in [0.2, 0.25) is 0 Å². The normalized spacial score (nSPS) is 10.8. The Morgan fingerprint density at radius 2 is 2.07 bits per heavy atom. The molecule has 0 aliphatic rings. The molecule has 1 aromatic heterocycles. The Morgan fingerprint density at radius 1 is 1.33 bits per heavy atom. The lowest BCUT2D eigenvalue weighted by Gasteiger charge is -2.16. The predicted molar refractivity (Wildman–Crippen MR) is 110 cm³/mol. The molecule has 2 rings (SSSR count). The molecule has 0 unspecified atom stereocenters. The topological polar surface area (TPSA) is 144 Å². The summed E-state index contributed by atoms with van der Waals surface area (Å²) in [5.74, 6) is 0.665. The van der Waals surface area contributed by atoms with Crippen molar-refractivity contribution >= 4 is 22.9 Å². The van der Waals surface area contributed by atoms with Crippen molar-refractivity contribution in [3.8, 4) is 11.8 Å². The number of nitrogens with zero attached hydrogens (tertiary/aromatic N) is 5. The summed E-state index contributed by atoms with van der Waals surface area (Å²) < 4.78 is 11.3. The van der Waals surface area contributed by atoms with Gasteiger partial charge < -0.3 is 14.8 Å². The van der Waals surface area contributed by atoms with E-state index in [9.17, 15) is 20.2 Å². The molecule has 11 nitrogen and oxygen atoms in total. The lowest BCUT2D eigenvalue weighted by Crippen LogP contribution is -2.24. The molecule has 1 aromatic carbocycles. The van der Waals surface area contributed by atoms with Crippen molar-refractivity contribution in [1.29, 1.82) is 5.26 Å². The fourth-order valence-electron chi connectivity index (χ4n) is 2.73. The highest BCUT2D eigenvalue weighted by molar-refractivity contribution is 5.69. The Kier molecular flexibility index (Phi) is 7.60. The maximum atomic E-state index is 12.5. The number of benzene rings is 1. The maximum absolute atomic E-state index is 12.5. The lowest BCUT2D eigenvalue weighted by atomic mass is 10.1. The molecule has 30 heavy (non-hydrogen) atoms. The van der Waals surface area contributed by atoms with Crippen molar-refractivity contribution in [2.75, 3.05) is 32.7 Å². The fraction of sp³-hybridized carbons (Fsp3) is 0.368. The Balaban J connectivity index is 2.57. The molecule has 158 valence electrons. The third-order valence-corrected chi connectivity index (χ3v) is 4.37. The number of nitrogens with one attached hydrogen (secondary N) is 1. The number of rotatable bonds is 9. The Labute approximate surface area is 172 Å². The number of anilines is 1. The molecule has 0 spiro atoms.